The van der Waals surface area contributed by atoms with Gasteiger partial charge in [-0.3, -0.25) is 0 Å². The van der Waals surface area contributed by atoms with Crippen molar-refractivity contribution in [2.45, 2.75) is 86.6 Å². The predicted molar refractivity (Wildman–Crippen MR) is 193 cm³/mol. The van der Waals surface area contributed by atoms with Gasteiger partial charge in [-0.15, -0.1) is 0 Å². The molecule has 0 nitrogen and oxygen atoms in total. The van der Waals surface area contributed by atoms with E-state index in [0.717, 1.165) is 25.7 Å². The van der Waals surface area contributed by atoms with Gasteiger partial charge in [-0.1, -0.05) is 0 Å². The van der Waals surface area contributed by atoms with Gasteiger partial charge in [0, 0.05) is 0 Å². The standard InChI is InChI=1S/2C20H21.C2H7Si.Zr/c2*1-3-8-16-11-12-18-13-15(4-2)14-19(18)20(16)17-9-6-5-7-10-17;1-3-2;/h2*5-7,9-14H,3-4,8H2,1-2H3;3H,1-2H3;. The zero-order valence-electron chi connectivity index (χ0n) is 27.7. The Balaban J connectivity index is 1.54. The predicted octanol–water partition coefficient (Wildman–Crippen LogP) is 11.9. The molecule has 225 valence electrons. The Morgan fingerprint density at radius 1 is 0.545 bits per heavy atom. The zero-order valence-corrected chi connectivity index (χ0v) is 31.3. The second-order valence-corrected chi connectivity index (χ2v) is 33.2. The van der Waals surface area contributed by atoms with Crippen molar-refractivity contribution in [1.29, 1.82) is 0 Å². The molecule has 2 unspecified atom stereocenters. The van der Waals surface area contributed by atoms with E-state index < -0.39 is 26.8 Å². The van der Waals surface area contributed by atoms with E-state index in [9.17, 15) is 0 Å². The first-order valence-electron chi connectivity index (χ1n) is 17.2. The summed E-state index contributed by atoms with van der Waals surface area (Å²) in [4.78, 5) is 0. The minimum atomic E-state index is -2.14. The van der Waals surface area contributed by atoms with Gasteiger partial charge in [-0.2, -0.15) is 0 Å². The van der Waals surface area contributed by atoms with Crippen LogP contribution in [0, 0.1) is 0 Å². The van der Waals surface area contributed by atoms with Crippen molar-refractivity contribution in [3.8, 4) is 22.3 Å². The summed E-state index contributed by atoms with van der Waals surface area (Å²) in [6.07, 6.45) is 12.3. The van der Waals surface area contributed by atoms with Crippen molar-refractivity contribution in [3.05, 3.63) is 129 Å². The van der Waals surface area contributed by atoms with Gasteiger partial charge in [-0.25, -0.2) is 0 Å². The Labute approximate surface area is 275 Å². The number of rotatable bonds is 11. The van der Waals surface area contributed by atoms with Crippen molar-refractivity contribution in [1.82, 2.24) is 0 Å². The van der Waals surface area contributed by atoms with Crippen LogP contribution in [0.2, 0.25) is 13.1 Å². The Hall–Kier alpha value is -2.54. The fourth-order valence-electron chi connectivity index (χ4n) is 8.19. The van der Waals surface area contributed by atoms with Gasteiger partial charge in [0.05, 0.1) is 0 Å². The Bertz CT molecular complexity index is 1560. The van der Waals surface area contributed by atoms with Crippen LogP contribution in [0.1, 0.15) is 94.0 Å². The summed E-state index contributed by atoms with van der Waals surface area (Å²) in [6, 6.07) is 32.7. The third kappa shape index (κ3) is 5.67. The van der Waals surface area contributed by atoms with Gasteiger partial charge in [-0.05, 0) is 0 Å². The topological polar surface area (TPSA) is 0 Å². The van der Waals surface area contributed by atoms with Crippen molar-refractivity contribution in [2.24, 2.45) is 0 Å². The monoisotopic (exact) mass is 671 g/mol. The first-order chi connectivity index (χ1) is 21.5. The van der Waals surface area contributed by atoms with Crippen LogP contribution in [0.15, 0.2) is 96.1 Å². The second-order valence-electron chi connectivity index (χ2n) is 13.1. The van der Waals surface area contributed by atoms with Crippen LogP contribution in [0.25, 0.3) is 34.4 Å². The molecule has 44 heavy (non-hydrogen) atoms. The van der Waals surface area contributed by atoms with E-state index in [4.69, 9.17) is 0 Å². The summed E-state index contributed by atoms with van der Waals surface area (Å²) in [6.45, 7) is 14.9. The van der Waals surface area contributed by atoms with Gasteiger partial charge in [0.2, 0.25) is 0 Å². The van der Waals surface area contributed by atoms with E-state index in [2.05, 4.69) is 138 Å². The van der Waals surface area contributed by atoms with E-state index in [0.29, 0.717) is 7.25 Å². The molecule has 6 rings (SSSR count). The fraction of sp³-hybridized carbons (Fsp3) is 0.333. The number of fused-ring (bicyclic) bond motifs is 2. The van der Waals surface area contributed by atoms with E-state index >= 15 is 0 Å². The van der Waals surface area contributed by atoms with Crippen LogP contribution >= 0.6 is 0 Å². The third-order valence-corrected chi connectivity index (χ3v) is 31.8. The normalized spacial score (nSPS) is 17.0. The molecule has 2 aliphatic rings. The van der Waals surface area contributed by atoms with Crippen molar-refractivity contribution < 1.29 is 20.9 Å². The zero-order chi connectivity index (χ0) is 30.8. The number of allylic oxidation sites excluding steroid dienone is 2. The quantitative estimate of drug-likeness (QED) is 0.139. The third-order valence-electron chi connectivity index (χ3n) is 10.1. The van der Waals surface area contributed by atoms with Crippen molar-refractivity contribution in [2.75, 3.05) is 0 Å². The van der Waals surface area contributed by atoms with Crippen LogP contribution in [-0.4, -0.2) is 5.92 Å². The fourth-order valence-corrected chi connectivity index (χ4v) is 31.4. The molecule has 2 aliphatic carbocycles. The molecule has 0 radical (unpaired) electrons. The second kappa shape index (κ2) is 13.8. The van der Waals surface area contributed by atoms with E-state index in [-0.39, 0.29) is 0 Å². The summed E-state index contributed by atoms with van der Waals surface area (Å²) in [5.74, 6) is -0.929. The Morgan fingerprint density at radius 2 is 0.955 bits per heavy atom. The van der Waals surface area contributed by atoms with Crippen molar-refractivity contribution in [3.63, 3.8) is 0 Å². The molecule has 0 bridgehead atoms. The maximum absolute atomic E-state index is 2.71. The molecule has 0 spiro atoms. The molecule has 0 fully saturated rings. The Kier molecular flexibility index (Phi) is 9.89. The van der Waals surface area contributed by atoms with Gasteiger partial charge in [0.15, 0.2) is 0 Å². The first kappa shape index (κ1) is 31.4. The van der Waals surface area contributed by atoms with Crippen LogP contribution in [0.4, 0.5) is 0 Å². The van der Waals surface area contributed by atoms with Crippen LogP contribution in [-0.2, 0) is 33.8 Å². The van der Waals surface area contributed by atoms with Crippen LogP contribution < -0.4 is 0 Å². The summed E-state index contributed by atoms with van der Waals surface area (Å²) >= 11 is -2.14. The SMILES string of the molecule is CCCc1ccc2c(c1-c1ccccc1)C=C(CC)[CH]2[Zr]([CH]1C(CC)=Cc2c1ccc(CCC)c2-c1ccccc1)[SiH](C)C. The molecule has 0 aliphatic heterocycles. The number of hydrogen-bond acceptors (Lipinski definition) is 0. The molecular weight excluding hydrogens is 624 g/mol. The molecule has 0 N–H and O–H groups in total. The maximum atomic E-state index is 2.71. The Morgan fingerprint density at radius 3 is 1.30 bits per heavy atom. The molecule has 0 saturated heterocycles. The summed E-state index contributed by atoms with van der Waals surface area (Å²) in [7, 11) is 0. The molecule has 2 atom stereocenters. The average Bonchev–Trinajstić information content (AvgIpc) is 3.60. The molecule has 0 amide bonds. The summed E-state index contributed by atoms with van der Waals surface area (Å²) in [5, 5.41) is 0. The number of aryl methyl sites for hydroxylation is 2. The molecular formula is C42H49SiZr. The summed E-state index contributed by atoms with van der Waals surface area (Å²) < 4.78 is 1.37. The van der Waals surface area contributed by atoms with Crippen LogP contribution in [0.3, 0.4) is 0 Å². The van der Waals surface area contributed by atoms with E-state index in [1.54, 1.807) is 33.4 Å². The molecule has 0 heterocycles. The van der Waals surface area contributed by atoms with E-state index in [1.165, 1.54) is 46.2 Å². The van der Waals surface area contributed by atoms with Crippen molar-refractivity contribution >= 4 is 18.1 Å². The minimum absolute atomic E-state index is 0.684. The molecule has 4 aromatic carbocycles. The van der Waals surface area contributed by atoms with Crippen LogP contribution in [0.5, 0.6) is 0 Å². The summed E-state index contributed by atoms with van der Waals surface area (Å²) in [5.41, 5.74) is 18.8. The molecule has 0 aromatic heterocycles. The van der Waals surface area contributed by atoms with Gasteiger partial charge in [0.1, 0.15) is 0 Å². The number of benzene rings is 4. The number of hydrogen-bond donors (Lipinski definition) is 0. The molecule has 4 aromatic rings. The van der Waals surface area contributed by atoms with Gasteiger partial charge in [0.25, 0.3) is 0 Å². The first-order valence-corrected chi connectivity index (χ1v) is 27.2. The molecule has 0 saturated carbocycles. The average molecular weight is 673 g/mol. The van der Waals surface area contributed by atoms with E-state index in [1.807, 2.05) is 0 Å². The molecule has 2 heteroatoms. The van der Waals surface area contributed by atoms with Gasteiger partial charge < -0.3 is 0 Å². The van der Waals surface area contributed by atoms with Gasteiger partial charge >= 0.3 is 277 Å².